The van der Waals surface area contributed by atoms with E-state index < -0.39 is 0 Å². The van der Waals surface area contributed by atoms with Crippen LogP contribution in [0.1, 0.15) is 33.1 Å². The van der Waals surface area contributed by atoms with Crippen molar-refractivity contribution >= 4 is 23.2 Å². The van der Waals surface area contributed by atoms with Crippen molar-refractivity contribution in [3.63, 3.8) is 0 Å². The third-order valence-corrected chi connectivity index (χ3v) is 3.38. The number of rotatable bonds is 3. The number of thiocarbonyl (C=S) groups is 1. The van der Waals surface area contributed by atoms with Crippen molar-refractivity contribution in [2.24, 2.45) is 5.73 Å². The summed E-state index contributed by atoms with van der Waals surface area (Å²) >= 11 is 5.04. The second-order valence-electron chi connectivity index (χ2n) is 4.06. The quantitative estimate of drug-likeness (QED) is 0.766. The van der Waals surface area contributed by atoms with Crippen LogP contribution in [0.2, 0.25) is 0 Å². The first-order valence-electron chi connectivity index (χ1n) is 5.96. The van der Waals surface area contributed by atoms with E-state index >= 15 is 0 Å². The van der Waals surface area contributed by atoms with Crippen LogP contribution in [0.5, 0.6) is 0 Å². The van der Waals surface area contributed by atoms with Crippen molar-refractivity contribution in [2.75, 3.05) is 19.6 Å². The first kappa shape index (κ1) is 13.2. The summed E-state index contributed by atoms with van der Waals surface area (Å²) in [5, 5.41) is 0. The van der Waals surface area contributed by atoms with Crippen LogP contribution in [0, 0.1) is 0 Å². The topological polar surface area (TPSA) is 49.6 Å². The van der Waals surface area contributed by atoms with Crippen molar-refractivity contribution in [3.8, 4) is 0 Å². The smallest absolute Gasteiger partial charge is 0.320 e. The molecule has 2 amide bonds. The molecule has 4 nitrogen and oxygen atoms in total. The maximum Gasteiger partial charge on any atom is 0.320 e. The van der Waals surface area contributed by atoms with Gasteiger partial charge in [0, 0.05) is 19.6 Å². The number of hydrogen-bond donors (Lipinski definition) is 1. The zero-order valence-corrected chi connectivity index (χ0v) is 10.9. The van der Waals surface area contributed by atoms with Gasteiger partial charge in [-0.2, -0.15) is 0 Å². The van der Waals surface area contributed by atoms with Gasteiger partial charge in [-0.1, -0.05) is 12.2 Å². The molecule has 1 atom stereocenters. The highest BCUT2D eigenvalue weighted by Gasteiger charge is 2.30. The van der Waals surface area contributed by atoms with Crippen LogP contribution in [0.4, 0.5) is 4.79 Å². The van der Waals surface area contributed by atoms with Gasteiger partial charge < -0.3 is 15.5 Å². The molecule has 5 heteroatoms. The Hall–Kier alpha value is -0.840. The molecule has 1 fully saturated rings. The Morgan fingerprint density at radius 3 is 2.56 bits per heavy atom. The molecule has 1 aliphatic heterocycles. The van der Waals surface area contributed by atoms with Crippen LogP contribution in [-0.4, -0.2) is 46.5 Å². The lowest BCUT2D eigenvalue weighted by molar-refractivity contribution is 0.136. The molecule has 0 spiro atoms. The van der Waals surface area contributed by atoms with E-state index in [4.69, 9.17) is 18.0 Å². The molecule has 92 valence electrons. The SMILES string of the molecule is CCN(CC)C(=O)N1CCCCC1C(N)=S. The van der Waals surface area contributed by atoms with Crippen molar-refractivity contribution in [3.05, 3.63) is 0 Å². The van der Waals surface area contributed by atoms with Gasteiger partial charge in [0.15, 0.2) is 0 Å². The summed E-state index contributed by atoms with van der Waals surface area (Å²) in [6, 6.07) is 0.0272. The Morgan fingerprint density at radius 1 is 1.44 bits per heavy atom. The molecule has 0 aliphatic carbocycles. The van der Waals surface area contributed by atoms with E-state index in [0.717, 1.165) is 38.9 Å². The highest BCUT2D eigenvalue weighted by molar-refractivity contribution is 7.80. The molecule has 0 aromatic carbocycles. The minimum atomic E-state index is -0.0446. The second-order valence-corrected chi connectivity index (χ2v) is 4.53. The van der Waals surface area contributed by atoms with Gasteiger partial charge in [0.1, 0.15) is 0 Å². The molecular formula is C11H21N3OS. The molecule has 0 radical (unpaired) electrons. The molecule has 16 heavy (non-hydrogen) atoms. The standard InChI is InChI=1S/C11H21N3OS/c1-3-13(4-2)11(15)14-8-6-5-7-9(14)10(12)16/h9H,3-8H2,1-2H3,(H2,12,16). The summed E-state index contributed by atoms with van der Waals surface area (Å²) in [5.41, 5.74) is 5.70. The molecule has 2 N–H and O–H groups in total. The van der Waals surface area contributed by atoms with Crippen LogP contribution in [0.25, 0.3) is 0 Å². The fourth-order valence-corrected chi connectivity index (χ4v) is 2.38. The van der Waals surface area contributed by atoms with Crippen molar-refractivity contribution < 1.29 is 4.79 Å². The molecule has 1 aliphatic rings. The summed E-state index contributed by atoms with van der Waals surface area (Å²) in [7, 11) is 0. The van der Waals surface area contributed by atoms with Crippen LogP contribution < -0.4 is 5.73 Å². The van der Waals surface area contributed by atoms with E-state index in [9.17, 15) is 4.79 Å². The first-order chi connectivity index (χ1) is 7.61. The fourth-order valence-electron chi connectivity index (χ4n) is 2.13. The normalized spacial score (nSPS) is 20.6. The predicted octanol–water partition coefficient (Wildman–Crippen LogP) is 1.59. The lowest BCUT2D eigenvalue weighted by atomic mass is 10.0. The minimum absolute atomic E-state index is 0.0446. The largest absolute Gasteiger partial charge is 0.392 e. The Balaban J connectivity index is 2.74. The number of urea groups is 1. The van der Waals surface area contributed by atoms with E-state index in [0.29, 0.717) is 4.99 Å². The number of likely N-dealkylation sites (tertiary alicyclic amines) is 1. The Bertz CT molecular complexity index is 266. The Labute approximate surface area is 103 Å². The minimum Gasteiger partial charge on any atom is -0.392 e. The molecular weight excluding hydrogens is 222 g/mol. The molecule has 1 unspecified atom stereocenters. The third-order valence-electron chi connectivity index (χ3n) is 3.11. The van der Waals surface area contributed by atoms with Gasteiger partial charge in [-0.3, -0.25) is 0 Å². The Morgan fingerprint density at radius 2 is 2.06 bits per heavy atom. The van der Waals surface area contributed by atoms with Gasteiger partial charge in [0.25, 0.3) is 0 Å². The van der Waals surface area contributed by atoms with Gasteiger partial charge in [-0.05, 0) is 33.1 Å². The average Bonchev–Trinajstić information content (AvgIpc) is 2.30. The predicted molar refractivity (Wildman–Crippen MR) is 69.4 cm³/mol. The lowest BCUT2D eigenvalue weighted by Crippen LogP contribution is -2.54. The number of hydrogen-bond acceptors (Lipinski definition) is 2. The van der Waals surface area contributed by atoms with Gasteiger partial charge in [-0.15, -0.1) is 0 Å². The average molecular weight is 243 g/mol. The number of nitrogens with two attached hydrogens (primary N) is 1. The summed E-state index contributed by atoms with van der Waals surface area (Å²) in [4.78, 5) is 16.3. The zero-order chi connectivity index (χ0) is 12.1. The first-order valence-corrected chi connectivity index (χ1v) is 6.37. The number of carbonyl (C=O) groups is 1. The van der Waals surface area contributed by atoms with Crippen LogP contribution >= 0.6 is 12.2 Å². The highest BCUT2D eigenvalue weighted by Crippen LogP contribution is 2.18. The van der Waals surface area contributed by atoms with E-state index in [1.165, 1.54) is 0 Å². The molecule has 0 aromatic rings. The van der Waals surface area contributed by atoms with Crippen molar-refractivity contribution in [1.82, 2.24) is 9.80 Å². The Kier molecular flexibility index (Phi) is 4.99. The number of nitrogens with zero attached hydrogens (tertiary/aromatic N) is 2. The van der Waals surface area contributed by atoms with E-state index in [1.807, 2.05) is 23.6 Å². The number of piperidine rings is 1. The van der Waals surface area contributed by atoms with Gasteiger partial charge in [0.2, 0.25) is 0 Å². The summed E-state index contributed by atoms with van der Waals surface area (Å²) < 4.78 is 0. The van der Waals surface area contributed by atoms with Crippen LogP contribution in [-0.2, 0) is 0 Å². The number of carbonyl (C=O) groups excluding carboxylic acids is 1. The van der Waals surface area contributed by atoms with Crippen LogP contribution in [0.15, 0.2) is 0 Å². The van der Waals surface area contributed by atoms with Crippen molar-refractivity contribution in [2.45, 2.75) is 39.2 Å². The van der Waals surface area contributed by atoms with E-state index in [1.54, 1.807) is 0 Å². The lowest BCUT2D eigenvalue weighted by Gasteiger charge is -2.38. The summed E-state index contributed by atoms with van der Waals surface area (Å²) in [6.45, 7) is 6.21. The number of amides is 2. The highest BCUT2D eigenvalue weighted by atomic mass is 32.1. The summed E-state index contributed by atoms with van der Waals surface area (Å²) in [5.74, 6) is 0. The zero-order valence-electron chi connectivity index (χ0n) is 10.1. The van der Waals surface area contributed by atoms with E-state index in [-0.39, 0.29) is 12.1 Å². The molecule has 0 saturated carbocycles. The second kappa shape index (κ2) is 6.03. The van der Waals surface area contributed by atoms with Crippen molar-refractivity contribution in [1.29, 1.82) is 0 Å². The van der Waals surface area contributed by atoms with Crippen LogP contribution in [0.3, 0.4) is 0 Å². The van der Waals surface area contributed by atoms with E-state index in [2.05, 4.69) is 0 Å². The third kappa shape index (κ3) is 2.84. The molecule has 1 rings (SSSR count). The maximum atomic E-state index is 12.2. The molecule has 1 heterocycles. The van der Waals surface area contributed by atoms with Gasteiger partial charge in [-0.25, -0.2) is 4.79 Å². The van der Waals surface area contributed by atoms with Gasteiger partial charge in [0.05, 0.1) is 11.0 Å². The molecule has 1 saturated heterocycles. The molecule has 0 bridgehead atoms. The van der Waals surface area contributed by atoms with Gasteiger partial charge >= 0.3 is 6.03 Å². The molecule has 0 aromatic heterocycles. The maximum absolute atomic E-state index is 12.2. The fraction of sp³-hybridized carbons (Fsp3) is 0.818. The monoisotopic (exact) mass is 243 g/mol. The summed E-state index contributed by atoms with van der Waals surface area (Å²) in [6.07, 6.45) is 3.05.